The van der Waals surface area contributed by atoms with Crippen LogP contribution in [0.5, 0.6) is 0 Å². The number of aromatic carboxylic acids is 1. The monoisotopic (exact) mass is 189 g/mol. The van der Waals surface area contributed by atoms with Gasteiger partial charge < -0.3 is 10.4 Å². The Morgan fingerprint density at radius 3 is 2.93 bits per heavy atom. The van der Waals surface area contributed by atoms with Crippen LogP contribution in [0.25, 0.3) is 0 Å². The van der Waals surface area contributed by atoms with E-state index in [1.807, 2.05) is 13.0 Å². The van der Waals surface area contributed by atoms with Gasteiger partial charge in [0.2, 0.25) is 0 Å². The Labute approximate surface area is 82.8 Å². The first-order valence-electron chi connectivity index (χ1n) is 4.16. The van der Waals surface area contributed by atoms with Crippen LogP contribution in [-0.4, -0.2) is 17.6 Å². The molecular weight excluding hydrogens is 178 g/mol. The van der Waals surface area contributed by atoms with Gasteiger partial charge in [-0.2, -0.15) is 0 Å². The van der Waals surface area contributed by atoms with Crippen LogP contribution in [0.1, 0.15) is 15.9 Å². The molecule has 0 radical (unpaired) electrons. The number of hydrogen-bond acceptors (Lipinski definition) is 2. The number of benzene rings is 1. The van der Waals surface area contributed by atoms with E-state index in [0.29, 0.717) is 12.2 Å². The number of aryl methyl sites for hydroxylation is 1. The molecule has 0 saturated carbocycles. The van der Waals surface area contributed by atoms with Gasteiger partial charge in [0.15, 0.2) is 0 Å². The summed E-state index contributed by atoms with van der Waals surface area (Å²) < 4.78 is 0. The first kappa shape index (κ1) is 10.1. The summed E-state index contributed by atoms with van der Waals surface area (Å²) in [6, 6.07) is 5.17. The van der Waals surface area contributed by atoms with E-state index in [1.165, 1.54) is 0 Å². The molecule has 1 rings (SSSR count). The van der Waals surface area contributed by atoms with Crippen LogP contribution in [0.2, 0.25) is 0 Å². The quantitative estimate of drug-likeness (QED) is 0.712. The summed E-state index contributed by atoms with van der Waals surface area (Å²) >= 11 is 0. The van der Waals surface area contributed by atoms with E-state index in [9.17, 15) is 4.79 Å². The maximum Gasteiger partial charge on any atom is 0.337 e. The predicted octanol–water partition coefficient (Wildman–Crippen LogP) is 1.74. The standard InChI is InChI=1S/C11H11NO2/c1-3-6-12-10-5-4-8(2)7-9(10)11(13)14/h1,4-5,7,12H,6H2,2H3,(H,13,14). The molecule has 0 heterocycles. The Kier molecular flexibility index (Phi) is 3.14. The average Bonchev–Trinajstić information content (AvgIpc) is 2.15. The van der Waals surface area contributed by atoms with E-state index in [2.05, 4.69) is 11.2 Å². The second kappa shape index (κ2) is 4.33. The van der Waals surface area contributed by atoms with Gasteiger partial charge in [0.1, 0.15) is 0 Å². The minimum absolute atomic E-state index is 0.250. The third-order valence-electron chi connectivity index (χ3n) is 1.79. The zero-order valence-corrected chi connectivity index (χ0v) is 7.87. The number of anilines is 1. The number of rotatable bonds is 3. The molecule has 0 atom stereocenters. The molecule has 0 aliphatic carbocycles. The van der Waals surface area contributed by atoms with Gasteiger partial charge in [-0.1, -0.05) is 17.6 Å². The number of terminal acetylenes is 1. The van der Waals surface area contributed by atoms with E-state index in [-0.39, 0.29) is 5.56 Å². The lowest BCUT2D eigenvalue weighted by Crippen LogP contribution is -2.06. The van der Waals surface area contributed by atoms with Gasteiger partial charge in [0.05, 0.1) is 12.1 Å². The highest BCUT2D eigenvalue weighted by Gasteiger charge is 2.08. The number of carbonyl (C=O) groups is 1. The van der Waals surface area contributed by atoms with Crippen molar-refractivity contribution in [2.45, 2.75) is 6.92 Å². The van der Waals surface area contributed by atoms with E-state index < -0.39 is 5.97 Å². The summed E-state index contributed by atoms with van der Waals surface area (Å²) in [7, 11) is 0. The summed E-state index contributed by atoms with van der Waals surface area (Å²) in [6.45, 7) is 2.17. The molecule has 0 fully saturated rings. The Morgan fingerprint density at radius 1 is 1.64 bits per heavy atom. The summed E-state index contributed by atoms with van der Waals surface area (Å²) in [5.41, 5.74) is 1.72. The molecule has 0 aromatic heterocycles. The van der Waals surface area contributed by atoms with E-state index in [1.54, 1.807) is 12.1 Å². The lowest BCUT2D eigenvalue weighted by atomic mass is 10.1. The summed E-state index contributed by atoms with van der Waals surface area (Å²) in [5, 5.41) is 11.8. The lowest BCUT2D eigenvalue weighted by Gasteiger charge is -2.07. The van der Waals surface area contributed by atoms with Crippen LogP contribution >= 0.6 is 0 Å². The molecule has 0 bridgehead atoms. The lowest BCUT2D eigenvalue weighted by molar-refractivity contribution is 0.0698. The van der Waals surface area contributed by atoms with Crippen LogP contribution < -0.4 is 5.32 Å². The van der Waals surface area contributed by atoms with Gasteiger partial charge in [-0.25, -0.2) is 4.79 Å². The van der Waals surface area contributed by atoms with Gasteiger partial charge in [-0.3, -0.25) is 0 Å². The highest BCUT2D eigenvalue weighted by molar-refractivity contribution is 5.94. The maximum absolute atomic E-state index is 10.8. The van der Waals surface area contributed by atoms with Crippen molar-refractivity contribution < 1.29 is 9.90 Å². The van der Waals surface area contributed by atoms with E-state index in [0.717, 1.165) is 5.56 Å². The molecule has 3 nitrogen and oxygen atoms in total. The van der Waals surface area contributed by atoms with Gasteiger partial charge in [-0.15, -0.1) is 6.42 Å². The molecule has 2 N–H and O–H groups in total. The van der Waals surface area contributed by atoms with Crippen LogP contribution in [0.15, 0.2) is 18.2 Å². The highest BCUT2D eigenvalue weighted by Crippen LogP contribution is 2.16. The number of carboxylic acid groups (broad SMARTS) is 1. The van der Waals surface area contributed by atoms with Crippen molar-refractivity contribution in [2.75, 3.05) is 11.9 Å². The predicted molar refractivity (Wildman–Crippen MR) is 55.5 cm³/mol. The minimum atomic E-state index is -0.951. The second-order valence-electron chi connectivity index (χ2n) is 2.91. The SMILES string of the molecule is C#CCNc1ccc(C)cc1C(=O)O. The molecule has 72 valence electrons. The van der Waals surface area contributed by atoms with Crippen molar-refractivity contribution in [3.63, 3.8) is 0 Å². The highest BCUT2D eigenvalue weighted by atomic mass is 16.4. The van der Waals surface area contributed by atoms with Crippen molar-refractivity contribution in [1.82, 2.24) is 0 Å². The molecule has 0 spiro atoms. The Morgan fingerprint density at radius 2 is 2.36 bits per heavy atom. The minimum Gasteiger partial charge on any atom is -0.478 e. The molecule has 0 saturated heterocycles. The van der Waals surface area contributed by atoms with Crippen LogP contribution in [0.4, 0.5) is 5.69 Å². The van der Waals surface area contributed by atoms with E-state index >= 15 is 0 Å². The van der Waals surface area contributed by atoms with Gasteiger partial charge in [0, 0.05) is 5.69 Å². The van der Waals surface area contributed by atoms with Crippen molar-refractivity contribution in [3.05, 3.63) is 29.3 Å². The topological polar surface area (TPSA) is 49.3 Å². The summed E-state index contributed by atoms with van der Waals surface area (Å²) in [6.07, 6.45) is 5.07. The van der Waals surface area contributed by atoms with Gasteiger partial charge >= 0.3 is 5.97 Å². The van der Waals surface area contributed by atoms with Crippen molar-refractivity contribution in [2.24, 2.45) is 0 Å². The molecule has 1 aromatic rings. The molecule has 0 aliphatic heterocycles. The maximum atomic E-state index is 10.8. The molecule has 14 heavy (non-hydrogen) atoms. The van der Waals surface area contributed by atoms with E-state index in [4.69, 9.17) is 11.5 Å². The fourth-order valence-corrected chi connectivity index (χ4v) is 1.14. The molecule has 0 aliphatic rings. The zero-order valence-electron chi connectivity index (χ0n) is 7.87. The Hall–Kier alpha value is -1.95. The Balaban J connectivity index is 3.03. The van der Waals surface area contributed by atoms with Crippen molar-refractivity contribution in [3.8, 4) is 12.3 Å². The third kappa shape index (κ3) is 2.27. The zero-order chi connectivity index (χ0) is 10.6. The van der Waals surface area contributed by atoms with Crippen LogP contribution in [0, 0.1) is 19.3 Å². The first-order chi connectivity index (χ1) is 6.65. The fraction of sp³-hybridized carbons (Fsp3) is 0.182. The van der Waals surface area contributed by atoms with Gasteiger partial charge in [-0.05, 0) is 19.1 Å². The van der Waals surface area contributed by atoms with Crippen molar-refractivity contribution in [1.29, 1.82) is 0 Å². The average molecular weight is 189 g/mol. The normalized spacial score (nSPS) is 9.14. The fourth-order valence-electron chi connectivity index (χ4n) is 1.14. The molecule has 0 unspecified atom stereocenters. The van der Waals surface area contributed by atoms with Crippen LogP contribution in [-0.2, 0) is 0 Å². The largest absolute Gasteiger partial charge is 0.478 e. The number of nitrogens with one attached hydrogen (secondary N) is 1. The summed E-state index contributed by atoms with van der Waals surface area (Å²) in [5.74, 6) is 1.44. The first-order valence-corrected chi connectivity index (χ1v) is 4.16. The van der Waals surface area contributed by atoms with Crippen molar-refractivity contribution >= 4 is 11.7 Å². The molecule has 1 aromatic carbocycles. The summed E-state index contributed by atoms with van der Waals surface area (Å²) in [4.78, 5) is 10.8. The van der Waals surface area contributed by atoms with Gasteiger partial charge in [0.25, 0.3) is 0 Å². The third-order valence-corrected chi connectivity index (χ3v) is 1.79. The van der Waals surface area contributed by atoms with Crippen LogP contribution in [0.3, 0.4) is 0 Å². The second-order valence-corrected chi connectivity index (χ2v) is 2.91. The molecule has 0 amide bonds. The smallest absolute Gasteiger partial charge is 0.337 e. The molecule has 3 heteroatoms. The Bertz CT molecular complexity index is 391. The molecular formula is C11H11NO2. The number of carboxylic acids is 1. The number of hydrogen-bond donors (Lipinski definition) is 2.